The van der Waals surface area contributed by atoms with Crippen molar-refractivity contribution in [1.82, 2.24) is 20.4 Å². The molecule has 4 rings (SSSR count). The van der Waals surface area contributed by atoms with Gasteiger partial charge in [-0.05, 0) is 42.7 Å². The summed E-state index contributed by atoms with van der Waals surface area (Å²) in [5.41, 5.74) is 0.335. The van der Waals surface area contributed by atoms with Crippen molar-refractivity contribution < 1.29 is 48.7 Å². The molecule has 2 unspecified atom stereocenters. The van der Waals surface area contributed by atoms with Crippen LogP contribution in [0.2, 0.25) is 0 Å². The molecule has 40 heavy (non-hydrogen) atoms. The van der Waals surface area contributed by atoms with E-state index in [0.29, 0.717) is 10.5 Å². The predicted molar refractivity (Wildman–Crippen MR) is 136 cm³/mol. The molecule has 0 bridgehead atoms. The van der Waals surface area contributed by atoms with Gasteiger partial charge in [0.1, 0.15) is 11.8 Å². The average molecular weight is 552 g/mol. The van der Waals surface area contributed by atoms with Crippen LogP contribution in [-0.4, -0.2) is 93.4 Å². The van der Waals surface area contributed by atoms with Crippen molar-refractivity contribution in [2.24, 2.45) is 0 Å². The number of hydrogen-bond donors (Lipinski definition) is 5. The third-order valence-corrected chi connectivity index (χ3v) is 6.63. The number of carbonyl (C=O) groups is 6. The maximum atomic E-state index is 13.4. The van der Waals surface area contributed by atoms with Gasteiger partial charge in [0.2, 0.25) is 5.91 Å². The molecule has 14 nitrogen and oxygen atoms in total. The molecule has 1 fully saturated rings. The highest BCUT2D eigenvalue weighted by molar-refractivity contribution is 6.47. The zero-order chi connectivity index (χ0) is 29.1. The minimum atomic E-state index is -1.64. The molecule has 2 aromatic carbocycles. The number of benzene rings is 2. The molecule has 15 heteroatoms. The van der Waals surface area contributed by atoms with Crippen LogP contribution in [0.5, 0.6) is 5.75 Å². The molecule has 2 aliphatic heterocycles. The number of para-hydroxylation sites is 1. The van der Waals surface area contributed by atoms with E-state index in [4.69, 9.17) is 4.65 Å². The number of carboxylic acid groups (broad SMARTS) is 2. The normalized spacial score (nSPS) is 17.4. The number of piperazine rings is 1. The van der Waals surface area contributed by atoms with Gasteiger partial charge in [0, 0.05) is 19.6 Å². The van der Waals surface area contributed by atoms with Crippen molar-refractivity contribution in [3.8, 4) is 5.75 Å². The maximum Gasteiger partial charge on any atom is 0.547 e. The first-order chi connectivity index (χ1) is 19.0. The Labute approximate surface area is 227 Å². The smallest absolute Gasteiger partial charge is 0.534 e. The molecule has 2 heterocycles. The molecule has 5 N–H and O–H groups in total. The summed E-state index contributed by atoms with van der Waals surface area (Å²) in [6, 6.07) is 6.94. The van der Waals surface area contributed by atoms with E-state index in [1.807, 2.05) is 0 Å². The van der Waals surface area contributed by atoms with Gasteiger partial charge < -0.3 is 35.4 Å². The zero-order valence-electron chi connectivity index (χ0n) is 21.2. The Morgan fingerprint density at radius 1 is 1.02 bits per heavy atom. The molecule has 0 aliphatic carbocycles. The van der Waals surface area contributed by atoms with E-state index in [1.54, 1.807) is 13.0 Å². The molecule has 2 aliphatic rings. The van der Waals surface area contributed by atoms with E-state index in [9.17, 15) is 44.0 Å². The number of urea groups is 1. The van der Waals surface area contributed by atoms with Crippen molar-refractivity contribution in [2.45, 2.75) is 25.3 Å². The fourth-order valence-corrected chi connectivity index (χ4v) is 4.47. The highest BCUT2D eigenvalue weighted by Gasteiger charge is 2.41. The summed E-state index contributed by atoms with van der Waals surface area (Å²) in [4.78, 5) is 76.0. The Morgan fingerprint density at radius 3 is 2.35 bits per heavy atom. The number of carbonyl (C=O) groups excluding carboxylic acids is 4. The number of fused-ring (bicyclic) bond motifs is 1. The molecule has 208 valence electrons. The van der Waals surface area contributed by atoms with Crippen molar-refractivity contribution in [2.75, 3.05) is 19.6 Å². The summed E-state index contributed by atoms with van der Waals surface area (Å²) in [5.74, 6) is -6.32. The minimum absolute atomic E-state index is 0.00601. The van der Waals surface area contributed by atoms with Crippen LogP contribution in [0, 0.1) is 0 Å². The van der Waals surface area contributed by atoms with E-state index >= 15 is 0 Å². The zero-order valence-corrected chi connectivity index (χ0v) is 21.2. The number of carboxylic acids is 2. The van der Waals surface area contributed by atoms with Gasteiger partial charge in [-0.1, -0.05) is 24.3 Å². The van der Waals surface area contributed by atoms with Crippen LogP contribution >= 0.6 is 0 Å². The molecule has 0 radical (unpaired) electrons. The highest BCUT2D eigenvalue weighted by Crippen LogP contribution is 2.30. The largest absolute Gasteiger partial charge is 0.547 e. The standard InChI is InChI=1S/C25H25BN4O10/c1-2-29-10-11-30(22(33)21(29)32)25(38)28-18(13-6-8-14(9-7-13)23(34)35)20(31)27-17-12-15-4-3-5-16(24(36)37)19(15)40-26(17)39/h3-9,17-18,39H,2,10-12H2,1H3,(H,27,31)(H,28,38)(H,34,35)(H,36,37). The van der Waals surface area contributed by atoms with Crippen LogP contribution in [0.1, 0.15) is 44.8 Å². The summed E-state index contributed by atoms with van der Waals surface area (Å²) < 4.78 is 5.40. The summed E-state index contributed by atoms with van der Waals surface area (Å²) in [6.45, 7) is 1.98. The second kappa shape index (κ2) is 11.4. The number of amides is 5. The Hall–Kier alpha value is -4.92. The van der Waals surface area contributed by atoms with Crippen LogP contribution in [0.15, 0.2) is 42.5 Å². The van der Waals surface area contributed by atoms with Crippen LogP contribution in [0.25, 0.3) is 0 Å². The quantitative estimate of drug-likeness (QED) is 0.223. The molecule has 0 saturated carbocycles. The summed E-state index contributed by atoms with van der Waals surface area (Å²) in [5, 5.41) is 34.1. The number of aromatic carboxylic acids is 2. The molecule has 5 amide bonds. The van der Waals surface area contributed by atoms with Crippen molar-refractivity contribution >= 4 is 42.8 Å². The van der Waals surface area contributed by atoms with Crippen LogP contribution in [-0.2, 0) is 20.8 Å². The van der Waals surface area contributed by atoms with Gasteiger partial charge >= 0.3 is 36.9 Å². The Bertz CT molecular complexity index is 1380. The maximum absolute atomic E-state index is 13.4. The van der Waals surface area contributed by atoms with Gasteiger partial charge in [0.25, 0.3) is 0 Å². The number of hydrogen-bond acceptors (Lipinski definition) is 8. The monoisotopic (exact) mass is 552 g/mol. The van der Waals surface area contributed by atoms with Crippen molar-refractivity contribution in [3.63, 3.8) is 0 Å². The van der Waals surface area contributed by atoms with Gasteiger partial charge in [0.05, 0.1) is 17.1 Å². The Balaban J connectivity index is 1.57. The summed E-state index contributed by atoms with van der Waals surface area (Å²) >= 11 is 0. The first-order valence-electron chi connectivity index (χ1n) is 12.3. The number of likely N-dealkylation sites (N-methyl/N-ethyl adjacent to an activating group) is 1. The number of nitrogens with zero attached hydrogens (tertiary/aromatic N) is 2. The summed E-state index contributed by atoms with van der Waals surface area (Å²) in [7, 11) is -1.64. The Kier molecular flexibility index (Phi) is 8.04. The third-order valence-electron chi connectivity index (χ3n) is 6.63. The lowest BCUT2D eigenvalue weighted by Gasteiger charge is -2.33. The van der Waals surface area contributed by atoms with Crippen LogP contribution < -0.4 is 15.3 Å². The first kappa shape index (κ1) is 28.1. The van der Waals surface area contributed by atoms with E-state index in [0.717, 1.165) is 0 Å². The fraction of sp³-hybridized carbons (Fsp3) is 0.280. The molecule has 0 aromatic heterocycles. The molecular formula is C25H25BN4O10. The van der Waals surface area contributed by atoms with Crippen molar-refractivity contribution in [3.05, 3.63) is 64.7 Å². The molecule has 1 saturated heterocycles. The lowest BCUT2D eigenvalue weighted by Crippen LogP contribution is -2.60. The fourth-order valence-electron chi connectivity index (χ4n) is 4.47. The minimum Gasteiger partial charge on any atom is -0.534 e. The van der Waals surface area contributed by atoms with Gasteiger partial charge in [-0.3, -0.25) is 19.3 Å². The molecule has 2 aromatic rings. The second-order valence-electron chi connectivity index (χ2n) is 9.08. The second-order valence-corrected chi connectivity index (χ2v) is 9.08. The first-order valence-corrected chi connectivity index (χ1v) is 12.3. The highest BCUT2D eigenvalue weighted by atomic mass is 16.5. The van der Waals surface area contributed by atoms with E-state index in [1.165, 1.54) is 41.3 Å². The average Bonchev–Trinajstić information content (AvgIpc) is 2.93. The Morgan fingerprint density at radius 2 is 1.73 bits per heavy atom. The SMILES string of the molecule is CCN1CCN(C(=O)NC(C(=O)NC2Cc3cccc(C(=O)O)c3OB2O)c2ccc(C(=O)O)cc2)C(=O)C1=O. The molecule has 0 spiro atoms. The lowest BCUT2D eigenvalue weighted by atomic mass is 9.72. The number of rotatable bonds is 7. The van der Waals surface area contributed by atoms with Gasteiger partial charge in [-0.2, -0.15) is 0 Å². The number of imide groups is 1. The van der Waals surface area contributed by atoms with Gasteiger partial charge in [0.15, 0.2) is 0 Å². The third kappa shape index (κ3) is 5.59. The van der Waals surface area contributed by atoms with E-state index in [-0.39, 0.29) is 48.5 Å². The van der Waals surface area contributed by atoms with Gasteiger partial charge in [-0.15, -0.1) is 0 Å². The molecule has 2 atom stereocenters. The summed E-state index contributed by atoms with van der Waals surface area (Å²) in [6.07, 6.45) is -0.00601. The lowest BCUT2D eigenvalue weighted by molar-refractivity contribution is -0.153. The van der Waals surface area contributed by atoms with Crippen molar-refractivity contribution in [1.29, 1.82) is 0 Å². The van der Waals surface area contributed by atoms with E-state index in [2.05, 4.69) is 10.6 Å². The van der Waals surface area contributed by atoms with Gasteiger partial charge in [-0.25, -0.2) is 14.4 Å². The molecular weight excluding hydrogens is 527 g/mol. The topological polar surface area (TPSA) is 203 Å². The number of nitrogens with one attached hydrogen (secondary N) is 2. The predicted octanol–water partition coefficient (Wildman–Crippen LogP) is -0.336. The van der Waals surface area contributed by atoms with Crippen LogP contribution in [0.4, 0.5) is 4.79 Å². The van der Waals surface area contributed by atoms with Crippen LogP contribution in [0.3, 0.4) is 0 Å². The van der Waals surface area contributed by atoms with E-state index < -0.39 is 54.8 Å².